The fourth-order valence-corrected chi connectivity index (χ4v) is 3.28. The molecule has 1 heteroatoms. The Morgan fingerprint density at radius 3 is 2.32 bits per heavy atom. The van der Waals surface area contributed by atoms with Gasteiger partial charge in [0.15, 0.2) is 0 Å². The van der Waals surface area contributed by atoms with E-state index in [9.17, 15) is 0 Å². The minimum Gasteiger partial charge on any atom is -0.0901 e. The molecule has 3 aromatic carbocycles. The summed E-state index contributed by atoms with van der Waals surface area (Å²) in [6.07, 6.45) is 0. The van der Waals surface area contributed by atoms with Crippen molar-refractivity contribution in [3.05, 3.63) is 71.8 Å². The third kappa shape index (κ3) is 2.66. The van der Waals surface area contributed by atoms with Crippen molar-refractivity contribution >= 4 is 22.5 Å². The number of aryl methyl sites for hydroxylation is 2. The molecule has 94 valence electrons. The summed E-state index contributed by atoms with van der Waals surface area (Å²) in [4.78, 5) is 2.58. The van der Waals surface area contributed by atoms with Crippen LogP contribution in [0.15, 0.2) is 70.5 Å². The van der Waals surface area contributed by atoms with Gasteiger partial charge in [-0.1, -0.05) is 53.7 Å². The molecular weight excluding hydrogens is 248 g/mol. The fraction of sp³-hybridized carbons (Fsp3) is 0.111. The van der Waals surface area contributed by atoms with Gasteiger partial charge in [-0.25, -0.2) is 0 Å². The van der Waals surface area contributed by atoms with Crippen LogP contribution in [0.4, 0.5) is 0 Å². The van der Waals surface area contributed by atoms with Crippen LogP contribution in [-0.2, 0) is 0 Å². The molecule has 0 atom stereocenters. The van der Waals surface area contributed by atoms with Crippen molar-refractivity contribution in [3.63, 3.8) is 0 Å². The van der Waals surface area contributed by atoms with Gasteiger partial charge >= 0.3 is 0 Å². The zero-order valence-electron chi connectivity index (χ0n) is 11.2. The summed E-state index contributed by atoms with van der Waals surface area (Å²) in [5.74, 6) is 0. The molecule has 0 radical (unpaired) electrons. The van der Waals surface area contributed by atoms with Gasteiger partial charge in [0.05, 0.1) is 0 Å². The first kappa shape index (κ1) is 12.3. The zero-order valence-corrected chi connectivity index (χ0v) is 12.0. The maximum Gasteiger partial charge on any atom is 0.0128 e. The number of rotatable bonds is 2. The van der Waals surface area contributed by atoms with E-state index in [2.05, 4.69) is 74.5 Å². The van der Waals surface area contributed by atoms with Crippen LogP contribution in [0.5, 0.6) is 0 Å². The lowest BCUT2D eigenvalue weighted by Crippen LogP contribution is -1.82. The minimum absolute atomic E-state index is 1.28. The third-order valence-corrected chi connectivity index (χ3v) is 4.25. The summed E-state index contributed by atoms with van der Waals surface area (Å²) in [7, 11) is 0. The van der Waals surface area contributed by atoms with Crippen molar-refractivity contribution < 1.29 is 0 Å². The predicted molar refractivity (Wildman–Crippen MR) is 84.0 cm³/mol. The number of hydrogen-bond acceptors (Lipinski definition) is 1. The number of hydrogen-bond donors (Lipinski definition) is 0. The summed E-state index contributed by atoms with van der Waals surface area (Å²) in [6, 6.07) is 21.7. The first-order chi connectivity index (χ1) is 9.22. The van der Waals surface area contributed by atoms with Gasteiger partial charge in [-0.3, -0.25) is 0 Å². The largest absolute Gasteiger partial charge is 0.0901 e. The Morgan fingerprint density at radius 1 is 0.737 bits per heavy atom. The molecule has 0 aliphatic heterocycles. The Hall–Kier alpha value is -1.73. The maximum atomic E-state index is 2.29. The van der Waals surface area contributed by atoms with Gasteiger partial charge in [0.25, 0.3) is 0 Å². The van der Waals surface area contributed by atoms with Gasteiger partial charge in [-0.05, 0) is 54.4 Å². The monoisotopic (exact) mass is 264 g/mol. The van der Waals surface area contributed by atoms with Gasteiger partial charge < -0.3 is 0 Å². The van der Waals surface area contributed by atoms with Crippen LogP contribution in [0.2, 0.25) is 0 Å². The lowest BCUT2D eigenvalue weighted by Gasteiger charge is -2.07. The highest BCUT2D eigenvalue weighted by atomic mass is 32.2. The van der Waals surface area contributed by atoms with Gasteiger partial charge in [0.1, 0.15) is 0 Å². The minimum atomic E-state index is 1.28. The Labute approximate surface area is 118 Å². The Morgan fingerprint density at radius 2 is 1.53 bits per heavy atom. The molecule has 3 aromatic rings. The molecule has 0 aliphatic carbocycles. The second-order valence-corrected chi connectivity index (χ2v) is 6.03. The van der Waals surface area contributed by atoms with Gasteiger partial charge in [-0.15, -0.1) is 0 Å². The molecule has 0 bridgehead atoms. The molecule has 0 aromatic heterocycles. The molecule has 0 nitrogen and oxygen atoms in total. The molecule has 0 saturated heterocycles. The Bertz CT molecular complexity index is 714. The second kappa shape index (κ2) is 5.10. The highest BCUT2D eigenvalue weighted by Crippen LogP contribution is 2.31. The Kier molecular flexibility index (Phi) is 3.31. The van der Waals surface area contributed by atoms with E-state index < -0.39 is 0 Å². The molecular formula is C18H16S. The van der Waals surface area contributed by atoms with Crippen LogP contribution < -0.4 is 0 Å². The van der Waals surface area contributed by atoms with E-state index >= 15 is 0 Å². The van der Waals surface area contributed by atoms with Gasteiger partial charge in [0.2, 0.25) is 0 Å². The summed E-state index contributed by atoms with van der Waals surface area (Å²) < 4.78 is 0. The van der Waals surface area contributed by atoms with Crippen LogP contribution in [0.1, 0.15) is 11.1 Å². The van der Waals surface area contributed by atoms with E-state index in [-0.39, 0.29) is 0 Å². The van der Waals surface area contributed by atoms with Gasteiger partial charge in [0, 0.05) is 9.79 Å². The number of fused-ring (bicyclic) bond motifs is 1. The first-order valence-corrected chi connectivity index (χ1v) is 7.28. The molecule has 0 N–H and O–H groups in total. The standard InChI is InChI=1S/C18H16S/c1-13-10-14(2)18-12-17(9-8-15(18)11-13)19-16-6-4-3-5-7-16/h3-12H,1-2H3. The summed E-state index contributed by atoms with van der Waals surface area (Å²) >= 11 is 1.82. The maximum absolute atomic E-state index is 2.29. The van der Waals surface area contributed by atoms with E-state index in [1.54, 1.807) is 0 Å². The SMILES string of the molecule is Cc1cc(C)c2cc(Sc3ccccc3)ccc2c1. The lowest BCUT2D eigenvalue weighted by atomic mass is 10.0. The van der Waals surface area contributed by atoms with Crippen molar-refractivity contribution in [1.82, 2.24) is 0 Å². The van der Waals surface area contributed by atoms with Crippen LogP contribution in [0, 0.1) is 13.8 Å². The van der Waals surface area contributed by atoms with Crippen molar-refractivity contribution in [1.29, 1.82) is 0 Å². The van der Waals surface area contributed by atoms with Crippen LogP contribution >= 0.6 is 11.8 Å². The number of benzene rings is 3. The average Bonchev–Trinajstić information content (AvgIpc) is 2.40. The Balaban J connectivity index is 2.02. The predicted octanol–water partition coefficient (Wildman–Crippen LogP) is 5.61. The summed E-state index contributed by atoms with van der Waals surface area (Å²) in [5.41, 5.74) is 2.68. The summed E-state index contributed by atoms with van der Waals surface area (Å²) in [6.45, 7) is 4.34. The smallest absolute Gasteiger partial charge is 0.0128 e. The van der Waals surface area contributed by atoms with Crippen molar-refractivity contribution in [2.75, 3.05) is 0 Å². The molecule has 0 spiro atoms. The van der Waals surface area contributed by atoms with Crippen LogP contribution in [0.25, 0.3) is 10.8 Å². The first-order valence-electron chi connectivity index (χ1n) is 6.46. The highest BCUT2D eigenvalue weighted by Gasteiger charge is 2.02. The normalized spacial score (nSPS) is 10.8. The molecule has 3 rings (SSSR count). The molecule has 0 fully saturated rings. The molecule has 0 saturated carbocycles. The van der Waals surface area contributed by atoms with E-state index in [4.69, 9.17) is 0 Å². The topological polar surface area (TPSA) is 0 Å². The van der Waals surface area contributed by atoms with Crippen molar-refractivity contribution in [2.45, 2.75) is 23.6 Å². The van der Waals surface area contributed by atoms with Crippen molar-refractivity contribution in [3.8, 4) is 0 Å². The van der Waals surface area contributed by atoms with Gasteiger partial charge in [-0.2, -0.15) is 0 Å². The molecule has 0 aliphatic rings. The fourth-order valence-electron chi connectivity index (χ4n) is 2.40. The lowest BCUT2D eigenvalue weighted by molar-refractivity contribution is 1.39. The zero-order chi connectivity index (χ0) is 13.2. The third-order valence-electron chi connectivity index (χ3n) is 3.26. The van der Waals surface area contributed by atoms with Crippen molar-refractivity contribution in [2.24, 2.45) is 0 Å². The molecule has 0 amide bonds. The van der Waals surface area contributed by atoms with E-state index in [1.165, 1.54) is 31.7 Å². The molecule has 19 heavy (non-hydrogen) atoms. The highest BCUT2D eigenvalue weighted by molar-refractivity contribution is 7.99. The molecule has 0 unspecified atom stereocenters. The second-order valence-electron chi connectivity index (χ2n) is 4.88. The van der Waals surface area contributed by atoms with Crippen LogP contribution in [-0.4, -0.2) is 0 Å². The quantitative estimate of drug-likeness (QED) is 0.580. The van der Waals surface area contributed by atoms with E-state index in [1.807, 2.05) is 11.8 Å². The van der Waals surface area contributed by atoms with E-state index in [0.717, 1.165) is 0 Å². The molecule has 0 heterocycles. The van der Waals surface area contributed by atoms with Crippen LogP contribution in [0.3, 0.4) is 0 Å². The van der Waals surface area contributed by atoms with E-state index in [0.29, 0.717) is 0 Å². The summed E-state index contributed by atoms with van der Waals surface area (Å²) in [5, 5.41) is 2.68. The average molecular weight is 264 g/mol.